The van der Waals surface area contributed by atoms with E-state index in [4.69, 9.17) is 10.00 Å². The number of hydrazone groups is 1. The van der Waals surface area contributed by atoms with Crippen LogP contribution in [0, 0.1) is 46.6 Å². The Morgan fingerprint density at radius 2 is 2.03 bits per heavy atom. The van der Waals surface area contributed by atoms with Crippen molar-refractivity contribution in [3.63, 3.8) is 0 Å². The van der Waals surface area contributed by atoms with Gasteiger partial charge in [-0.3, -0.25) is 4.79 Å². The SMILES string of the molecule is N#Cc1ccc(OC[C@@H]2C[C@H](C(=O)N3N=CCC3c3cccc(F)c3F)C3CC2C3)nc1. The van der Waals surface area contributed by atoms with E-state index in [1.54, 1.807) is 18.3 Å². The number of rotatable bonds is 5. The van der Waals surface area contributed by atoms with Crippen LogP contribution in [-0.4, -0.2) is 28.7 Å². The number of benzene rings is 1. The predicted molar refractivity (Wildman–Crippen MR) is 111 cm³/mol. The number of aromatic nitrogens is 1. The summed E-state index contributed by atoms with van der Waals surface area (Å²) in [4.78, 5) is 17.6. The summed E-state index contributed by atoms with van der Waals surface area (Å²) >= 11 is 0. The standard InChI is InChI=1S/C24H22F2N4O2/c25-20-3-1-2-18(23(20)26)21-6-7-29-30(21)24(31)19-10-17(15-8-16(19)9-15)13-32-22-5-4-14(11-27)12-28-22/h1-5,7,12,15-17,19,21H,6,8-10,13H2/t15?,16?,17-,19-,21?/m0/s1. The van der Waals surface area contributed by atoms with Crippen molar-refractivity contribution < 1.29 is 18.3 Å². The molecule has 1 aromatic heterocycles. The van der Waals surface area contributed by atoms with E-state index in [9.17, 15) is 13.6 Å². The van der Waals surface area contributed by atoms with Crippen molar-refractivity contribution in [1.82, 2.24) is 9.99 Å². The lowest BCUT2D eigenvalue weighted by Gasteiger charge is -2.51. The fraction of sp³-hybridized carbons (Fsp3) is 0.417. The van der Waals surface area contributed by atoms with Gasteiger partial charge in [0.15, 0.2) is 11.6 Å². The Hall–Kier alpha value is -3.34. The monoisotopic (exact) mass is 436 g/mol. The Bertz CT molecular complexity index is 1090. The largest absolute Gasteiger partial charge is 0.477 e. The third kappa shape index (κ3) is 3.62. The average molecular weight is 436 g/mol. The maximum absolute atomic E-state index is 14.4. The minimum Gasteiger partial charge on any atom is -0.477 e. The Morgan fingerprint density at radius 1 is 1.19 bits per heavy atom. The van der Waals surface area contributed by atoms with Crippen LogP contribution in [0.1, 0.15) is 42.9 Å². The molecule has 0 radical (unpaired) electrons. The lowest BCUT2D eigenvalue weighted by molar-refractivity contribution is -0.148. The topological polar surface area (TPSA) is 78.6 Å². The van der Waals surface area contributed by atoms with Gasteiger partial charge in [-0.05, 0) is 49.1 Å². The number of halogens is 2. The molecule has 8 heteroatoms. The van der Waals surface area contributed by atoms with Crippen molar-refractivity contribution >= 4 is 12.1 Å². The van der Waals surface area contributed by atoms with Crippen molar-refractivity contribution in [1.29, 1.82) is 5.26 Å². The zero-order chi connectivity index (χ0) is 22.2. The Morgan fingerprint density at radius 3 is 2.78 bits per heavy atom. The van der Waals surface area contributed by atoms with E-state index in [1.165, 1.54) is 23.3 Å². The summed E-state index contributed by atoms with van der Waals surface area (Å²) < 4.78 is 34.0. The van der Waals surface area contributed by atoms with E-state index in [-0.39, 0.29) is 23.3 Å². The maximum atomic E-state index is 14.4. The first-order valence-corrected chi connectivity index (χ1v) is 10.8. The molecule has 1 aromatic carbocycles. The van der Waals surface area contributed by atoms with Crippen molar-refractivity contribution in [2.45, 2.75) is 31.7 Å². The van der Waals surface area contributed by atoms with Gasteiger partial charge in [0.25, 0.3) is 0 Å². The number of nitrogens with zero attached hydrogens (tertiary/aromatic N) is 4. The highest BCUT2D eigenvalue weighted by molar-refractivity contribution is 5.82. The molecule has 1 amide bonds. The quantitative estimate of drug-likeness (QED) is 0.703. The van der Waals surface area contributed by atoms with Crippen LogP contribution in [0.4, 0.5) is 8.78 Å². The fourth-order valence-corrected chi connectivity index (χ4v) is 5.20. The van der Waals surface area contributed by atoms with E-state index in [1.807, 2.05) is 6.07 Å². The first-order valence-electron chi connectivity index (χ1n) is 10.8. The second kappa shape index (κ2) is 8.30. The van der Waals surface area contributed by atoms with Crippen molar-refractivity contribution in [2.24, 2.45) is 28.8 Å². The van der Waals surface area contributed by atoms with Crippen LogP contribution in [0.25, 0.3) is 0 Å². The molecule has 0 spiro atoms. The molecule has 4 aliphatic rings. The molecular weight excluding hydrogens is 414 g/mol. The number of carbonyl (C=O) groups excluding carboxylic acids is 1. The van der Waals surface area contributed by atoms with Crippen LogP contribution in [-0.2, 0) is 4.79 Å². The van der Waals surface area contributed by atoms with Gasteiger partial charge in [-0.2, -0.15) is 10.4 Å². The Balaban J connectivity index is 1.27. The molecule has 3 aliphatic carbocycles. The van der Waals surface area contributed by atoms with Crippen molar-refractivity contribution in [3.05, 3.63) is 59.3 Å². The number of pyridine rings is 1. The normalized spacial score (nSPS) is 28.2. The molecule has 0 N–H and O–H groups in total. The summed E-state index contributed by atoms with van der Waals surface area (Å²) in [7, 11) is 0. The second-order valence-corrected chi connectivity index (χ2v) is 8.78. The van der Waals surface area contributed by atoms with Crippen LogP contribution < -0.4 is 4.74 Å². The van der Waals surface area contributed by atoms with E-state index in [0.717, 1.165) is 18.9 Å². The number of hydrogen-bond donors (Lipinski definition) is 0. The number of amides is 1. The lowest BCUT2D eigenvalue weighted by Crippen LogP contribution is -2.50. The highest BCUT2D eigenvalue weighted by Crippen LogP contribution is 2.53. The van der Waals surface area contributed by atoms with Gasteiger partial charge in [-0.1, -0.05) is 12.1 Å². The smallest absolute Gasteiger partial charge is 0.246 e. The predicted octanol–water partition coefficient (Wildman–Crippen LogP) is 4.23. The van der Waals surface area contributed by atoms with Gasteiger partial charge in [0, 0.05) is 36.4 Å². The third-order valence-electron chi connectivity index (χ3n) is 7.03. The number of ether oxygens (including phenoxy) is 1. The molecule has 32 heavy (non-hydrogen) atoms. The third-order valence-corrected chi connectivity index (χ3v) is 7.03. The zero-order valence-electron chi connectivity index (χ0n) is 17.3. The lowest BCUT2D eigenvalue weighted by atomic mass is 9.55. The van der Waals surface area contributed by atoms with Gasteiger partial charge >= 0.3 is 0 Å². The number of fused-ring (bicyclic) bond motifs is 2. The van der Waals surface area contributed by atoms with E-state index >= 15 is 0 Å². The van der Waals surface area contributed by atoms with Crippen LogP contribution in [0.2, 0.25) is 0 Å². The van der Waals surface area contributed by atoms with Gasteiger partial charge in [0.05, 0.1) is 18.2 Å². The van der Waals surface area contributed by atoms with Crippen LogP contribution in [0.15, 0.2) is 41.6 Å². The summed E-state index contributed by atoms with van der Waals surface area (Å²) in [6.07, 6.45) is 6.02. The van der Waals surface area contributed by atoms with Gasteiger partial charge in [-0.25, -0.2) is 18.8 Å². The molecule has 6 rings (SSSR count). The maximum Gasteiger partial charge on any atom is 0.246 e. The molecule has 3 fully saturated rings. The average Bonchev–Trinajstić information content (AvgIpc) is 3.28. The molecule has 2 bridgehead atoms. The van der Waals surface area contributed by atoms with Crippen LogP contribution >= 0.6 is 0 Å². The first-order chi connectivity index (χ1) is 15.5. The summed E-state index contributed by atoms with van der Waals surface area (Å²) in [5, 5.41) is 14.5. The minimum atomic E-state index is -0.922. The number of carbonyl (C=O) groups is 1. The van der Waals surface area contributed by atoms with Gasteiger partial charge in [0.1, 0.15) is 6.07 Å². The Labute approximate surface area is 184 Å². The van der Waals surface area contributed by atoms with Gasteiger partial charge in [-0.15, -0.1) is 0 Å². The van der Waals surface area contributed by atoms with Crippen LogP contribution in [0.3, 0.4) is 0 Å². The Kier molecular flexibility index (Phi) is 5.33. The van der Waals surface area contributed by atoms with Gasteiger partial charge < -0.3 is 4.74 Å². The van der Waals surface area contributed by atoms with Crippen molar-refractivity contribution in [3.8, 4) is 11.9 Å². The molecule has 3 saturated carbocycles. The van der Waals surface area contributed by atoms with Crippen molar-refractivity contribution in [2.75, 3.05) is 6.61 Å². The summed E-state index contributed by atoms with van der Waals surface area (Å²) in [6.45, 7) is 0.450. The molecule has 6 nitrogen and oxygen atoms in total. The van der Waals surface area contributed by atoms with E-state index < -0.39 is 17.7 Å². The van der Waals surface area contributed by atoms with Gasteiger partial charge in [0.2, 0.25) is 11.8 Å². The number of hydrogen-bond acceptors (Lipinski definition) is 5. The minimum absolute atomic E-state index is 0.128. The first kappa shape index (κ1) is 20.6. The molecule has 0 saturated heterocycles. The highest BCUT2D eigenvalue weighted by Gasteiger charge is 2.50. The summed E-state index contributed by atoms with van der Waals surface area (Å²) in [6, 6.07) is 8.78. The van der Waals surface area contributed by atoms with E-state index in [0.29, 0.717) is 42.7 Å². The second-order valence-electron chi connectivity index (χ2n) is 8.78. The number of nitriles is 1. The summed E-state index contributed by atoms with van der Waals surface area (Å²) in [5.74, 6) is -0.703. The zero-order valence-corrected chi connectivity index (χ0v) is 17.3. The molecule has 164 valence electrons. The molecule has 3 atom stereocenters. The fourth-order valence-electron chi connectivity index (χ4n) is 5.20. The summed E-state index contributed by atoms with van der Waals surface area (Å²) in [5.41, 5.74) is 0.628. The molecule has 2 aromatic rings. The molecular formula is C24H22F2N4O2. The molecule has 1 unspecified atom stereocenters. The highest BCUT2D eigenvalue weighted by atomic mass is 19.2. The van der Waals surface area contributed by atoms with Crippen LogP contribution in [0.5, 0.6) is 5.88 Å². The molecule has 1 aliphatic heterocycles. The van der Waals surface area contributed by atoms with E-state index in [2.05, 4.69) is 10.1 Å². The molecule has 2 heterocycles.